The molecule has 0 aliphatic rings. The Labute approximate surface area is 218 Å². The molecule has 0 saturated carbocycles. The summed E-state index contributed by atoms with van der Waals surface area (Å²) < 4.78 is 2.70. The average molecular weight is 495 g/mol. The molecule has 0 aliphatic heterocycles. The van der Waals surface area contributed by atoms with Gasteiger partial charge in [0.25, 0.3) is 0 Å². The first-order valence-corrected chi connectivity index (χ1v) is 13.7. The maximum Gasteiger partial charge on any atom is 0.0441 e. The topological polar surface area (TPSA) is 0 Å². The Morgan fingerprint density at radius 3 is 0.972 bits per heavy atom. The second-order valence-corrected chi connectivity index (χ2v) is 11.0. The smallest absolute Gasteiger partial charge is 0.0441 e. The number of rotatable bonds is 4. The van der Waals surface area contributed by atoms with Gasteiger partial charge in [-0.15, -0.1) is 22.7 Å². The molecule has 0 nitrogen and oxygen atoms in total. The van der Waals surface area contributed by atoms with Crippen LogP contribution in [-0.2, 0) is 0 Å². The Kier molecular flexibility index (Phi) is 5.27. The van der Waals surface area contributed by atoms with Gasteiger partial charge in [0.1, 0.15) is 0 Å². The fourth-order valence-corrected chi connectivity index (χ4v) is 7.54. The van der Waals surface area contributed by atoms with Crippen LogP contribution < -0.4 is 0 Å². The van der Waals surface area contributed by atoms with E-state index in [4.69, 9.17) is 0 Å². The molecule has 0 spiro atoms. The Hall–Kier alpha value is -3.98. The number of hydrogen-bond acceptors (Lipinski definition) is 2. The van der Waals surface area contributed by atoms with Crippen molar-refractivity contribution in [3.63, 3.8) is 0 Å². The van der Waals surface area contributed by atoms with Gasteiger partial charge in [-0.3, -0.25) is 0 Å². The van der Waals surface area contributed by atoms with Gasteiger partial charge in [0.15, 0.2) is 0 Å². The Morgan fingerprint density at radius 1 is 0.333 bits per heavy atom. The van der Waals surface area contributed by atoms with E-state index in [0.717, 1.165) is 0 Å². The molecule has 5 aromatic carbocycles. The van der Waals surface area contributed by atoms with Gasteiger partial charge in [0, 0.05) is 41.1 Å². The van der Waals surface area contributed by atoms with Crippen molar-refractivity contribution in [2.75, 3.05) is 0 Å². The summed E-state index contributed by atoms with van der Waals surface area (Å²) in [6.45, 7) is 0. The fraction of sp³-hybridized carbons (Fsp3) is 0. The zero-order valence-corrected chi connectivity index (χ0v) is 21.2. The first kappa shape index (κ1) is 21.3. The highest BCUT2D eigenvalue weighted by atomic mass is 32.1. The third kappa shape index (κ3) is 3.58. The van der Waals surface area contributed by atoms with E-state index in [9.17, 15) is 0 Å². The zero-order valence-electron chi connectivity index (χ0n) is 19.5. The quantitative estimate of drug-likeness (QED) is 0.228. The highest BCUT2D eigenvalue weighted by molar-refractivity contribution is 7.25. The fourth-order valence-electron chi connectivity index (χ4n) is 5.04. The maximum atomic E-state index is 2.41. The van der Waals surface area contributed by atoms with Gasteiger partial charge in [-0.25, -0.2) is 0 Å². The van der Waals surface area contributed by atoms with E-state index in [1.165, 1.54) is 63.3 Å². The van der Waals surface area contributed by atoms with Crippen molar-refractivity contribution in [3.8, 4) is 43.1 Å². The molecule has 2 aromatic heterocycles. The van der Waals surface area contributed by atoms with Crippen molar-refractivity contribution in [3.05, 3.63) is 133 Å². The van der Waals surface area contributed by atoms with Crippen LogP contribution in [0.15, 0.2) is 133 Å². The van der Waals surface area contributed by atoms with Crippen LogP contribution in [0.2, 0.25) is 0 Å². The molecule has 0 bridgehead atoms. The number of fused-ring (bicyclic) bond motifs is 2. The normalized spacial score (nSPS) is 11.3. The van der Waals surface area contributed by atoms with E-state index in [0.29, 0.717) is 0 Å². The van der Waals surface area contributed by atoms with Crippen LogP contribution in [-0.4, -0.2) is 0 Å². The molecule has 0 amide bonds. The Balaban J connectivity index is 1.64. The van der Waals surface area contributed by atoms with Gasteiger partial charge in [0.2, 0.25) is 0 Å². The van der Waals surface area contributed by atoms with Crippen molar-refractivity contribution >= 4 is 42.8 Å². The van der Waals surface area contributed by atoms with E-state index >= 15 is 0 Å². The van der Waals surface area contributed by atoms with Crippen LogP contribution in [0.5, 0.6) is 0 Å². The standard InChI is InChI=1S/C34H22S2/c1-5-13-23(14-6-1)29-21-27-31(25-17-9-3-10-18-25)34-28(22-30(36-34)24-15-7-2-8-16-24)32(33(27)35-29)26-19-11-4-12-20-26/h1-22H. The summed E-state index contributed by atoms with van der Waals surface area (Å²) in [6.07, 6.45) is 0. The summed E-state index contributed by atoms with van der Waals surface area (Å²) in [4.78, 5) is 2.61. The molecule has 0 atom stereocenters. The molecule has 0 unspecified atom stereocenters. The second-order valence-electron chi connectivity index (χ2n) is 8.92. The lowest BCUT2D eigenvalue weighted by atomic mass is 9.93. The van der Waals surface area contributed by atoms with E-state index in [1.807, 2.05) is 22.7 Å². The van der Waals surface area contributed by atoms with Crippen molar-refractivity contribution in [2.24, 2.45) is 0 Å². The minimum atomic E-state index is 1.27. The van der Waals surface area contributed by atoms with Crippen LogP contribution in [0.4, 0.5) is 0 Å². The average Bonchev–Trinajstić information content (AvgIpc) is 3.59. The number of thiophene rings is 2. The SMILES string of the molecule is c1ccc(-c2cc3c(-c4ccccc4)c4sc(-c5ccccc5)cc4c(-c4ccccc4)c3s2)cc1. The highest BCUT2D eigenvalue weighted by Gasteiger charge is 2.22. The lowest BCUT2D eigenvalue weighted by Crippen LogP contribution is -1.85. The van der Waals surface area contributed by atoms with Gasteiger partial charge in [-0.2, -0.15) is 0 Å². The minimum absolute atomic E-state index is 1.27. The predicted molar refractivity (Wildman–Crippen MR) is 159 cm³/mol. The van der Waals surface area contributed by atoms with Crippen molar-refractivity contribution in [2.45, 2.75) is 0 Å². The van der Waals surface area contributed by atoms with E-state index in [2.05, 4.69) is 133 Å². The summed E-state index contributed by atoms with van der Waals surface area (Å²) in [7, 11) is 0. The van der Waals surface area contributed by atoms with Crippen LogP contribution in [0, 0.1) is 0 Å². The summed E-state index contributed by atoms with van der Waals surface area (Å²) in [5, 5.41) is 2.66. The predicted octanol–water partition coefficient (Wildman–Crippen LogP) is 10.8. The lowest BCUT2D eigenvalue weighted by Gasteiger charge is -2.12. The van der Waals surface area contributed by atoms with Crippen LogP contribution in [0.3, 0.4) is 0 Å². The molecule has 7 aromatic rings. The van der Waals surface area contributed by atoms with Gasteiger partial charge in [-0.05, 0) is 34.4 Å². The largest absolute Gasteiger partial charge is 0.135 e. The molecule has 7 rings (SSSR count). The number of hydrogen-bond donors (Lipinski definition) is 0. The second kappa shape index (κ2) is 8.91. The summed E-state index contributed by atoms with van der Waals surface area (Å²) in [5.41, 5.74) is 7.75. The Bertz CT molecular complexity index is 1600. The van der Waals surface area contributed by atoms with Gasteiger partial charge in [-0.1, -0.05) is 121 Å². The molecule has 0 saturated heterocycles. The molecule has 2 heterocycles. The summed E-state index contributed by atoms with van der Waals surface area (Å²) in [5.74, 6) is 0. The van der Waals surface area contributed by atoms with Crippen molar-refractivity contribution < 1.29 is 0 Å². The van der Waals surface area contributed by atoms with Gasteiger partial charge in [0.05, 0.1) is 0 Å². The van der Waals surface area contributed by atoms with E-state index < -0.39 is 0 Å². The molecule has 36 heavy (non-hydrogen) atoms. The zero-order chi connectivity index (χ0) is 23.9. The van der Waals surface area contributed by atoms with E-state index in [1.54, 1.807) is 0 Å². The van der Waals surface area contributed by atoms with Gasteiger partial charge >= 0.3 is 0 Å². The third-order valence-electron chi connectivity index (χ3n) is 6.70. The van der Waals surface area contributed by atoms with Crippen molar-refractivity contribution in [1.29, 1.82) is 0 Å². The maximum absolute atomic E-state index is 2.41. The number of benzene rings is 5. The van der Waals surface area contributed by atoms with E-state index in [-0.39, 0.29) is 0 Å². The van der Waals surface area contributed by atoms with Crippen LogP contribution in [0.1, 0.15) is 0 Å². The Morgan fingerprint density at radius 2 is 0.639 bits per heavy atom. The molecule has 0 aliphatic carbocycles. The minimum Gasteiger partial charge on any atom is -0.135 e. The van der Waals surface area contributed by atoms with Crippen LogP contribution in [0.25, 0.3) is 63.3 Å². The molecule has 170 valence electrons. The molecule has 0 radical (unpaired) electrons. The lowest BCUT2D eigenvalue weighted by molar-refractivity contribution is 1.68. The molecule has 0 N–H and O–H groups in total. The molecular formula is C34H22S2. The third-order valence-corrected chi connectivity index (χ3v) is 9.10. The van der Waals surface area contributed by atoms with Gasteiger partial charge < -0.3 is 0 Å². The molecule has 0 fully saturated rings. The van der Waals surface area contributed by atoms with Crippen LogP contribution >= 0.6 is 22.7 Å². The summed E-state index contributed by atoms with van der Waals surface area (Å²) in [6, 6.07) is 48.1. The monoisotopic (exact) mass is 494 g/mol. The first-order valence-electron chi connectivity index (χ1n) is 12.1. The molecular weight excluding hydrogens is 473 g/mol. The summed E-state index contributed by atoms with van der Waals surface area (Å²) >= 11 is 3.81. The first-order chi connectivity index (χ1) is 17.9. The highest BCUT2D eigenvalue weighted by Crippen LogP contribution is 2.52. The van der Waals surface area contributed by atoms with Crippen molar-refractivity contribution in [1.82, 2.24) is 0 Å². The molecule has 2 heteroatoms.